The molecule has 0 bridgehead atoms. The van der Waals surface area contributed by atoms with Crippen LogP contribution < -0.4 is 26.0 Å². The highest BCUT2D eigenvalue weighted by molar-refractivity contribution is 5.69. The summed E-state index contributed by atoms with van der Waals surface area (Å²) in [5.74, 6) is -2.76. The van der Waals surface area contributed by atoms with Gasteiger partial charge in [-0.15, -0.1) is 0 Å². The lowest BCUT2D eigenvalue weighted by Crippen LogP contribution is -2.46. The SMILES string of the molecule is CC(C)(C)C(Cn1ncn(-c2ccc(N3CCN(c4ccc(OC[C@@H]5CO[C@@](Cn6cncn6)(c6ccc(F)cc6F)O5)cc4)CC3)cc2)c1=O)OC(=O)CCN. The van der Waals surface area contributed by atoms with Crippen molar-refractivity contribution < 1.29 is 32.5 Å². The van der Waals surface area contributed by atoms with Crippen LogP contribution in [0.3, 0.4) is 0 Å². The molecule has 0 amide bonds. The third-order valence-corrected chi connectivity index (χ3v) is 10.1. The Kier molecular flexibility index (Phi) is 11.7. The van der Waals surface area contributed by atoms with Crippen molar-refractivity contribution in [1.29, 1.82) is 0 Å². The van der Waals surface area contributed by atoms with Crippen LogP contribution in [-0.2, 0) is 37.9 Å². The van der Waals surface area contributed by atoms with E-state index in [1.165, 1.54) is 45.0 Å². The standard InChI is InChI=1S/C40H47F2N9O6/c1-39(2,3)36(56-37(52)14-15-43)21-51-38(53)50(27-46-51)31-7-5-29(6-8-31)47-16-18-48(19-17-47)30-9-11-32(12-10-30)54-22-33-23-55-40(57-33,24-49-26-44-25-45-49)34-13-4-28(41)20-35(34)42/h4-13,20,25-27,33,36H,14-19,21-24,43H2,1-3H3/t33-,36?,40-/m1/s1. The number of carbonyl (C=O) groups excluding carboxylic acids is 1. The fourth-order valence-electron chi connectivity index (χ4n) is 6.89. The highest BCUT2D eigenvalue weighted by atomic mass is 19.1. The largest absolute Gasteiger partial charge is 0.491 e. The van der Waals surface area contributed by atoms with E-state index in [0.717, 1.165) is 43.6 Å². The summed E-state index contributed by atoms with van der Waals surface area (Å²) in [5.41, 5.74) is 7.64. The number of esters is 1. The van der Waals surface area contributed by atoms with Crippen molar-refractivity contribution in [3.63, 3.8) is 0 Å². The monoisotopic (exact) mass is 787 g/mol. The summed E-state index contributed by atoms with van der Waals surface area (Å²) in [7, 11) is 0. The second-order valence-corrected chi connectivity index (χ2v) is 15.2. The number of rotatable bonds is 14. The molecule has 3 atom stereocenters. The molecular formula is C40H47F2N9O6. The van der Waals surface area contributed by atoms with Gasteiger partial charge < -0.3 is 34.5 Å². The van der Waals surface area contributed by atoms with Gasteiger partial charge in [0.05, 0.1) is 25.3 Å². The van der Waals surface area contributed by atoms with E-state index < -0.39 is 41.0 Å². The van der Waals surface area contributed by atoms with Gasteiger partial charge in [-0.3, -0.25) is 4.79 Å². The van der Waals surface area contributed by atoms with Crippen molar-refractivity contribution in [2.75, 3.05) is 55.7 Å². The maximum Gasteiger partial charge on any atom is 0.350 e. The molecule has 2 N–H and O–H groups in total. The molecule has 1 unspecified atom stereocenters. The average molecular weight is 788 g/mol. The third kappa shape index (κ3) is 9.16. The van der Waals surface area contributed by atoms with Gasteiger partial charge in [-0.05, 0) is 60.7 Å². The molecule has 17 heteroatoms. The first-order valence-electron chi connectivity index (χ1n) is 18.9. The summed E-state index contributed by atoms with van der Waals surface area (Å²) in [6, 6.07) is 18.9. The predicted molar refractivity (Wildman–Crippen MR) is 206 cm³/mol. The summed E-state index contributed by atoms with van der Waals surface area (Å²) in [5, 5.41) is 8.41. The Morgan fingerprint density at radius 1 is 0.947 bits per heavy atom. The van der Waals surface area contributed by atoms with E-state index in [9.17, 15) is 18.4 Å². The molecule has 2 aliphatic heterocycles. The predicted octanol–water partition coefficient (Wildman–Crippen LogP) is 3.88. The molecule has 15 nitrogen and oxygen atoms in total. The molecule has 3 aromatic carbocycles. The number of halogens is 2. The van der Waals surface area contributed by atoms with Crippen LogP contribution in [0.4, 0.5) is 20.2 Å². The van der Waals surface area contributed by atoms with Crippen molar-refractivity contribution >= 4 is 17.3 Å². The van der Waals surface area contributed by atoms with Gasteiger partial charge in [-0.1, -0.05) is 20.8 Å². The second-order valence-electron chi connectivity index (χ2n) is 15.2. The number of ether oxygens (including phenoxy) is 4. The minimum absolute atomic E-state index is 0.0181. The van der Waals surface area contributed by atoms with Gasteiger partial charge in [0.25, 0.3) is 0 Å². The van der Waals surface area contributed by atoms with Gasteiger partial charge in [0.1, 0.15) is 61.7 Å². The molecule has 0 spiro atoms. The van der Waals surface area contributed by atoms with Gasteiger partial charge in [-0.2, -0.15) is 10.2 Å². The normalized spacial score (nSPS) is 19.2. The minimum atomic E-state index is -1.53. The number of hydrogen-bond donors (Lipinski definition) is 1. The van der Waals surface area contributed by atoms with Crippen molar-refractivity contribution in [3.05, 3.63) is 113 Å². The molecular weight excluding hydrogens is 740 g/mol. The fraction of sp³-hybridized carbons (Fsp3) is 0.425. The Balaban J connectivity index is 0.909. The summed E-state index contributed by atoms with van der Waals surface area (Å²) < 4.78 is 56.9. The number of anilines is 2. The summed E-state index contributed by atoms with van der Waals surface area (Å²) >= 11 is 0. The van der Waals surface area contributed by atoms with E-state index in [1.807, 2.05) is 69.3 Å². The van der Waals surface area contributed by atoms with Crippen LogP contribution in [0.15, 0.2) is 90.5 Å². The quantitative estimate of drug-likeness (QED) is 0.162. The lowest BCUT2D eigenvalue weighted by Gasteiger charge is -2.37. The van der Waals surface area contributed by atoms with Gasteiger partial charge in [0.2, 0.25) is 5.79 Å². The molecule has 5 aromatic rings. The molecule has 2 aromatic heterocycles. The van der Waals surface area contributed by atoms with E-state index in [0.29, 0.717) is 11.4 Å². The first kappa shape index (κ1) is 39.6. The molecule has 4 heterocycles. The van der Waals surface area contributed by atoms with Crippen LogP contribution in [-0.4, -0.2) is 93.2 Å². The van der Waals surface area contributed by atoms with E-state index in [2.05, 4.69) is 25.0 Å². The summed E-state index contributed by atoms with van der Waals surface area (Å²) in [4.78, 5) is 34.0. The molecule has 7 rings (SSSR count). The average Bonchev–Trinajstić information content (AvgIpc) is 3.95. The fourth-order valence-corrected chi connectivity index (χ4v) is 6.89. The smallest absolute Gasteiger partial charge is 0.350 e. The molecule has 2 fully saturated rings. The van der Waals surface area contributed by atoms with E-state index >= 15 is 0 Å². The molecule has 0 saturated carbocycles. The van der Waals surface area contributed by atoms with Gasteiger partial charge in [0.15, 0.2) is 0 Å². The highest BCUT2D eigenvalue weighted by Gasteiger charge is 2.46. The van der Waals surface area contributed by atoms with E-state index in [-0.39, 0.29) is 50.5 Å². The number of benzene rings is 3. The Morgan fingerprint density at radius 3 is 2.23 bits per heavy atom. The van der Waals surface area contributed by atoms with Gasteiger partial charge >= 0.3 is 11.7 Å². The van der Waals surface area contributed by atoms with E-state index in [1.54, 1.807) is 0 Å². The van der Waals surface area contributed by atoms with Crippen molar-refractivity contribution in [2.24, 2.45) is 11.1 Å². The first-order valence-corrected chi connectivity index (χ1v) is 18.9. The van der Waals surface area contributed by atoms with Crippen molar-refractivity contribution in [2.45, 2.75) is 58.3 Å². The number of piperazine rings is 1. The lowest BCUT2D eigenvalue weighted by atomic mass is 9.89. The molecule has 302 valence electrons. The van der Waals surface area contributed by atoms with Crippen LogP contribution in [0.5, 0.6) is 5.75 Å². The van der Waals surface area contributed by atoms with Crippen LogP contribution in [0.2, 0.25) is 0 Å². The zero-order valence-electron chi connectivity index (χ0n) is 32.2. The maximum atomic E-state index is 14.9. The molecule has 2 aliphatic rings. The summed E-state index contributed by atoms with van der Waals surface area (Å²) in [6.07, 6.45) is 3.34. The Hall–Kier alpha value is -5.65. The van der Waals surface area contributed by atoms with Gasteiger partial charge in [0, 0.05) is 61.1 Å². The second kappa shape index (κ2) is 16.8. The van der Waals surface area contributed by atoms with Crippen LogP contribution in [0.1, 0.15) is 32.8 Å². The molecule has 0 aliphatic carbocycles. The number of hydrogen-bond acceptors (Lipinski definition) is 12. The van der Waals surface area contributed by atoms with Crippen molar-refractivity contribution in [1.82, 2.24) is 29.1 Å². The Labute approximate surface area is 328 Å². The van der Waals surface area contributed by atoms with Crippen LogP contribution in [0, 0.1) is 17.0 Å². The summed E-state index contributed by atoms with van der Waals surface area (Å²) in [6.45, 7) is 9.68. The molecule has 57 heavy (non-hydrogen) atoms. The maximum absolute atomic E-state index is 14.9. The van der Waals surface area contributed by atoms with Crippen LogP contribution >= 0.6 is 0 Å². The van der Waals surface area contributed by atoms with Gasteiger partial charge in [-0.25, -0.2) is 32.5 Å². The first-order chi connectivity index (χ1) is 27.4. The zero-order chi connectivity index (χ0) is 40.2. The van der Waals surface area contributed by atoms with Crippen molar-refractivity contribution in [3.8, 4) is 11.4 Å². The Bertz CT molecular complexity index is 2170. The van der Waals surface area contributed by atoms with Crippen LogP contribution in [0.25, 0.3) is 5.69 Å². The molecule has 2 saturated heterocycles. The topological polar surface area (TPSA) is 157 Å². The minimum Gasteiger partial charge on any atom is -0.491 e. The number of aromatic nitrogens is 6. The lowest BCUT2D eigenvalue weighted by molar-refractivity contribution is -0.192. The van der Waals surface area contributed by atoms with E-state index in [4.69, 9.17) is 24.7 Å². The Morgan fingerprint density at radius 2 is 1.61 bits per heavy atom. The number of nitrogens with two attached hydrogens (primary N) is 1. The number of carbonyl (C=O) groups is 1. The number of nitrogens with zero attached hydrogens (tertiary/aromatic N) is 8. The highest BCUT2D eigenvalue weighted by Crippen LogP contribution is 2.38. The molecule has 0 radical (unpaired) electrons. The third-order valence-electron chi connectivity index (χ3n) is 10.1. The zero-order valence-corrected chi connectivity index (χ0v) is 32.2.